The van der Waals surface area contributed by atoms with E-state index in [1.165, 1.54) is 21.3 Å². The number of nitrogens with zero attached hydrogens (tertiary/aromatic N) is 1. The van der Waals surface area contributed by atoms with Crippen LogP contribution in [0.5, 0.6) is 0 Å². The van der Waals surface area contributed by atoms with Gasteiger partial charge < -0.3 is 5.73 Å². The second-order valence-electron chi connectivity index (χ2n) is 5.03. The molecule has 0 saturated carbocycles. The Morgan fingerprint density at radius 1 is 1.38 bits per heavy atom. The second kappa shape index (κ2) is 5.08. The minimum absolute atomic E-state index is 0.207. The number of rotatable bonds is 2. The molecule has 112 valence electrons. The molecular weight excluding hydrogens is 311 g/mol. The lowest BCUT2D eigenvalue weighted by atomic mass is 10.0. The molecule has 2 aromatic rings. The zero-order chi connectivity index (χ0) is 15.2. The fraction of sp³-hybridized carbons (Fsp3) is 0.286. The van der Waals surface area contributed by atoms with E-state index in [0.717, 1.165) is 11.6 Å². The number of sulfonamides is 1. The zero-order valence-corrected chi connectivity index (χ0v) is 13.0. The molecule has 21 heavy (non-hydrogen) atoms. The third-order valence-corrected chi connectivity index (χ3v) is 6.76. The van der Waals surface area contributed by atoms with Gasteiger partial charge in [0.1, 0.15) is 10.7 Å². The van der Waals surface area contributed by atoms with Crippen molar-refractivity contribution < 1.29 is 12.8 Å². The SMILES string of the molecule is CC1c2ccsc2CCN1S(=O)(=O)c1ccc(N)cc1F. The number of benzene rings is 1. The molecule has 2 N–H and O–H groups in total. The van der Waals surface area contributed by atoms with Crippen LogP contribution in [0.2, 0.25) is 0 Å². The fourth-order valence-corrected chi connectivity index (χ4v) is 5.29. The predicted octanol–water partition coefficient (Wildman–Crippen LogP) is 2.78. The van der Waals surface area contributed by atoms with Gasteiger partial charge >= 0.3 is 0 Å². The van der Waals surface area contributed by atoms with E-state index in [1.54, 1.807) is 11.3 Å². The Balaban J connectivity index is 2.03. The van der Waals surface area contributed by atoms with Gasteiger partial charge in [-0.3, -0.25) is 0 Å². The Bertz CT molecular complexity index is 786. The first-order valence-electron chi connectivity index (χ1n) is 6.54. The van der Waals surface area contributed by atoms with Crippen molar-refractivity contribution in [2.24, 2.45) is 0 Å². The molecule has 1 atom stereocenters. The van der Waals surface area contributed by atoms with Crippen LogP contribution in [-0.4, -0.2) is 19.3 Å². The first-order chi connectivity index (χ1) is 9.91. The highest BCUT2D eigenvalue weighted by Gasteiger charge is 2.35. The Hall–Kier alpha value is -1.44. The van der Waals surface area contributed by atoms with Gasteiger partial charge in [0.25, 0.3) is 0 Å². The van der Waals surface area contributed by atoms with Crippen LogP contribution in [0.1, 0.15) is 23.4 Å². The van der Waals surface area contributed by atoms with Gasteiger partial charge in [0, 0.05) is 23.2 Å². The highest BCUT2D eigenvalue weighted by atomic mass is 32.2. The molecule has 0 aliphatic carbocycles. The predicted molar refractivity (Wildman–Crippen MR) is 81.1 cm³/mol. The lowest BCUT2D eigenvalue weighted by Gasteiger charge is -2.32. The Morgan fingerprint density at radius 3 is 2.86 bits per heavy atom. The van der Waals surface area contributed by atoms with Crippen molar-refractivity contribution in [1.82, 2.24) is 4.31 Å². The van der Waals surface area contributed by atoms with Crippen LogP contribution in [0.4, 0.5) is 10.1 Å². The Morgan fingerprint density at radius 2 is 2.14 bits per heavy atom. The number of halogens is 1. The summed E-state index contributed by atoms with van der Waals surface area (Å²) in [5.74, 6) is -0.807. The summed E-state index contributed by atoms with van der Waals surface area (Å²) in [6, 6.07) is 5.32. The van der Waals surface area contributed by atoms with Crippen LogP contribution in [0.3, 0.4) is 0 Å². The smallest absolute Gasteiger partial charge is 0.246 e. The average molecular weight is 326 g/mol. The van der Waals surface area contributed by atoms with Crippen molar-refractivity contribution in [3.05, 3.63) is 45.9 Å². The molecule has 0 fully saturated rings. The quantitative estimate of drug-likeness (QED) is 0.863. The summed E-state index contributed by atoms with van der Waals surface area (Å²) < 4.78 is 40.8. The van der Waals surface area contributed by atoms with E-state index >= 15 is 0 Å². The third kappa shape index (κ3) is 2.35. The maximum absolute atomic E-state index is 14.0. The van der Waals surface area contributed by atoms with Gasteiger partial charge in [-0.1, -0.05) is 0 Å². The largest absolute Gasteiger partial charge is 0.399 e. The van der Waals surface area contributed by atoms with E-state index in [2.05, 4.69) is 0 Å². The molecule has 0 spiro atoms. The van der Waals surface area contributed by atoms with Gasteiger partial charge in [-0.25, -0.2) is 12.8 Å². The maximum atomic E-state index is 14.0. The number of hydrogen-bond acceptors (Lipinski definition) is 4. The van der Waals surface area contributed by atoms with Crippen LogP contribution >= 0.6 is 11.3 Å². The van der Waals surface area contributed by atoms with Gasteiger partial charge in [-0.2, -0.15) is 4.31 Å². The van der Waals surface area contributed by atoms with E-state index in [-0.39, 0.29) is 16.6 Å². The molecule has 0 radical (unpaired) electrons. The van der Waals surface area contributed by atoms with Crippen LogP contribution in [0, 0.1) is 5.82 Å². The van der Waals surface area contributed by atoms with E-state index in [4.69, 9.17) is 5.73 Å². The van der Waals surface area contributed by atoms with Crippen molar-refractivity contribution in [1.29, 1.82) is 0 Å². The number of fused-ring (bicyclic) bond motifs is 1. The number of nitrogens with two attached hydrogens (primary N) is 1. The molecule has 3 rings (SSSR count). The van der Waals surface area contributed by atoms with Crippen LogP contribution in [-0.2, 0) is 16.4 Å². The van der Waals surface area contributed by atoms with Crippen molar-refractivity contribution in [3.63, 3.8) is 0 Å². The number of nitrogen functional groups attached to an aromatic ring is 1. The van der Waals surface area contributed by atoms with Crippen LogP contribution in [0.15, 0.2) is 34.5 Å². The van der Waals surface area contributed by atoms with E-state index < -0.39 is 15.8 Å². The van der Waals surface area contributed by atoms with Gasteiger partial charge in [0.2, 0.25) is 10.0 Å². The molecule has 4 nitrogen and oxygen atoms in total. The van der Waals surface area contributed by atoms with Gasteiger partial charge in [0.15, 0.2) is 0 Å². The first kappa shape index (κ1) is 14.5. The summed E-state index contributed by atoms with van der Waals surface area (Å²) in [7, 11) is -3.87. The van der Waals surface area contributed by atoms with Gasteiger partial charge in [0.05, 0.1) is 0 Å². The highest BCUT2D eigenvalue weighted by molar-refractivity contribution is 7.89. The summed E-state index contributed by atoms with van der Waals surface area (Å²) in [6.45, 7) is 2.19. The molecular formula is C14H15FN2O2S2. The van der Waals surface area contributed by atoms with Crippen LogP contribution in [0.25, 0.3) is 0 Å². The molecule has 0 saturated heterocycles. The van der Waals surface area contributed by atoms with E-state index in [0.29, 0.717) is 13.0 Å². The highest BCUT2D eigenvalue weighted by Crippen LogP contribution is 2.36. The number of hydrogen-bond donors (Lipinski definition) is 1. The molecule has 1 unspecified atom stereocenters. The summed E-state index contributed by atoms with van der Waals surface area (Å²) in [5, 5.41) is 1.96. The number of anilines is 1. The standard InChI is InChI=1S/C14H15FN2O2S2/c1-9-11-5-7-20-13(11)4-6-17(9)21(18,19)14-3-2-10(16)8-12(14)15/h2-3,5,7-9H,4,6,16H2,1H3. The summed E-state index contributed by atoms with van der Waals surface area (Å²) in [6.07, 6.45) is 0.660. The third-order valence-electron chi connectivity index (χ3n) is 3.76. The molecule has 1 aromatic heterocycles. The molecule has 1 aliphatic rings. The minimum atomic E-state index is -3.87. The van der Waals surface area contributed by atoms with Gasteiger partial charge in [-0.15, -0.1) is 11.3 Å². The average Bonchev–Trinajstić information content (AvgIpc) is 2.87. The molecule has 0 amide bonds. The maximum Gasteiger partial charge on any atom is 0.246 e. The molecule has 1 aromatic carbocycles. The molecule has 0 bridgehead atoms. The van der Waals surface area contributed by atoms with Crippen molar-refractivity contribution in [3.8, 4) is 0 Å². The topological polar surface area (TPSA) is 63.4 Å². The zero-order valence-electron chi connectivity index (χ0n) is 11.4. The Kier molecular flexibility index (Phi) is 3.51. The normalized spacial score (nSPS) is 19.4. The molecule has 7 heteroatoms. The number of thiophene rings is 1. The van der Waals surface area contributed by atoms with Crippen molar-refractivity contribution in [2.75, 3.05) is 12.3 Å². The summed E-state index contributed by atoms with van der Waals surface area (Å²) in [4.78, 5) is 0.883. The fourth-order valence-electron chi connectivity index (χ4n) is 2.67. The second-order valence-corrected chi connectivity index (χ2v) is 7.89. The Labute approximate surface area is 127 Å². The van der Waals surface area contributed by atoms with Crippen LogP contribution < -0.4 is 5.73 Å². The van der Waals surface area contributed by atoms with Gasteiger partial charge in [-0.05, 0) is 48.6 Å². The summed E-state index contributed by atoms with van der Waals surface area (Å²) >= 11 is 1.63. The van der Waals surface area contributed by atoms with Crippen molar-refractivity contribution >= 4 is 27.0 Å². The van der Waals surface area contributed by atoms with Crippen molar-refractivity contribution in [2.45, 2.75) is 24.3 Å². The van der Waals surface area contributed by atoms with E-state index in [9.17, 15) is 12.8 Å². The molecule has 2 heterocycles. The van der Waals surface area contributed by atoms with E-state index in [1.807, 2.05) is 18.4 Å². The monoisotopic (exact) mass is 326 g/mol. The molecule has 1 aliphatic heterocycles. The summed E-state index contributed by atoms with van der Waals surface area (Å²) in [5.41, 5.74) is 6.69. The minimum Gasteiger partial charge on any atom is -0.399 e. The first-order valence-corrected chi connectivity index (χ1v) is 8.86. The lowest BCUT2D eigenvalue weighted by Crippen LogP contribution is -2.38. The lowest BCUT2D eigenvalue weighted by molar-refractivity contribution is 0.327.